The van der Waals surface area contributed by atoms with Crippen molar-refractivity contribution < 1.29 is 47.7 Å². The molecule has 16 heteroatoms. The van der Waals surface area contributed by atoms with Crippen LogP contribution in [-0.2, 0) is 47.7 Å². The second kappa shape index (κ2) is 21.4. The molecular formula is C56H98N6O10. The Balaban J connectivity index is 1.31. The van der Waals surface area contributed by atoms with Crippen molar-refractivity contribution in [2.24, 2.45) is 11.8 Å². The SMILES string of the molecule is CN1C(C)(C)CC(OC(=O)CN(CC(=O)OC2CC(C)(C)N(C)C(C)(C)C2)C(=O)C2CCC(C(=O)N(CC(=O)OC3CC(C)(C)N(C)C(C)(C)C3)CC(=O)OC3CC(C)(C)N(C)C(C)(C)C3)CC2)CC1(C)C. The monoisotopic (exact) mass is 1010 g/mol. The zero-order valence-corrected chi connectivity index (χ0v) is 48.5. The van der Waals surface area contributed by atoms with Crippen LogP contribution in [0.2, 0.25) is 0 Å². The quantitative estimate of drug-likeness (QED) is 0.127. The molecule has 72 heavy (non-hydrogen) atoms. The van der Waals surface area contributed by atoms with Gasteiger partial charge < -0.3 is 28.7 Å². The van der Waals surface area contributed by atoms with E-state index < -0.39 is 61.9 Å². The van der Waals surface area contributed by atoms with Crippen LogP contribution in [0.5, 0.6) is 0 Å². The topological polar surface area (TPSA) is 159 Å². The highest BCUT2D eigenvalue weighted by Gasteiger charge is 2.49. The van der Waals surface area contributed by atoms with Gasteiger partial charge >= 0.3 is 23.9 Å². The van der Waals surface area contributed by atoms with Gasteiger partial charge in [0.05, 0.1) is 0 Å². The van der Waals surface area contributed by atoms with Crippen molar-refractivity contribution in [3.8, 4) is 0 Å². The van der Waals surface area contributed by atoms with Crippen molar-refractivity contribution in [3.63, 3.8) is 0 Å². The second-order valence-electron chi connectivity index (χ2n) is 27.8. The molecule has 4 saturated heterocycles. The normalized spacial score (nSPS) is 27.8. The summed E-state index contributed by atoms with van der Waals surface area (Å²) in [6, 6.07) is 0. The maximum absolute atomic E-state index is 14.6. The van der Waals surface area contributed by atoms with Gasteiger partial charge in [-0.1, -0.05) is 0 Å². The average Bonchev–Trinajstić information content (AvgIpc) is 3.21. The van der Waals surface area contributed by atoms with Crippen LogP contribution in [0.3, 0.4) is 0 Å². The Labute approximate surface area is 434 Å². The van der Waals surface area contributed by atoms with E-state index in [2.05, 4.69) is 159 Å². The average molecular weight is 1020 g/mol. The highest BCUT2D eigenvalue weighted by atomic mass is 16.6. The van der Waals surface area contributed by atoms with Gasteiger partial charge in [0.2, 0.25) is 11.8 Å². The molecule has 2 amide bonds. The van der Waals surface area contributed by atoms with Crippen LogP contribution in [0.15, 0.2) is 0 Å². The number of rotatable bonds is 14. The lowest BCUT2D eigenvalue weighted by Crippen LogP contribution is -2.60. The smallest absolute Gasteiger partial charge is 0.325 e. The summed E-state index contributed by atoms with van der Waals surface area (Å²) in [6.45, 7) is 32.3. The zero-order chi connectivity index (χ0) is 54.5. The maximum Gasteiger partial charge on any atom is 0.325 e. The third kappa shape index (κ3) is 14.1. The summed E-state index contributed by atoms with van der Waals surface area (Å²) >= 11 is 0. The van der Waals surface area contributed by atoms with E-state index in [0.29, 0.717) is 77.0 Å². The summed E-state index contributed by atoms with van der Waals surface area (Å²) in [5.41, 5.74) is -1.92. The summed E-state index contributed by atoms with van der Waals surface area (Å²) in [7, 11) is 8.31. The first-order valence-corrected chi connectivity index (χ1v) is 27.0. The molecule has 0 aromatic rings. The lowest BCUT2D eigenvalue weighted by Gasteiger charge is -2.53. The largest absolute Gasteiger partial charge is 0.461 e. The number of hydrogen-bond acceptors (Lipinski definition) is 14. The molecule has 0 aromatic carbocycles. The molecule has 1 saturated carbocycles. The molecule has 5 rings (SSSR count). The molecule has 0 spiro atoms. The fraction of sp³-hybridized carbons (Fsp3) is 0.893. The number of nitrogens with zero attached hydrogens (tertiary/aromatic N) is 6. The van der Waals surface area contributed by atoms with Crippen molar-refractivity contribution in [1.82, 2.24) is 29.4 Å². The molecule has 5 fully saturated rings. The van der Waals surface area contributed by atoms with Gasteiger partial charge in [-0.25, -0.2) is 0 Å². The number of amides is 2. The number of likely N-dealkylation sites (tertiary alicyclic amines) is 4. The van der Waals surface area contributed by atoms with E-state index in [1.807, 2.05) is 0 Å². The first-order valence-electron chi connectivity index (χ1n) is 27.0. The molecule has 4 heterocycles. The van der Waals surface area contributed by atoms with Crippen LogP contribution in [0.1, 0.15) is 188 Å². The Kier molecular flexibility index (Phi) is 17.7. The minimum absolute atomic E-state index is 0.240. The highest BCUT2D eigenvalue weighted by Crippen LogP contribution is 2.42. The zero-order valence-electron chi connectivity index (χ0n) is 48.5. The second-order valence-corrected chi connectivity index (χ2v) is 27.8. The van der Waals surface area contributed by atoms with Gasteiger partial charge in [-0.3, -0.25) is 48.4 Å². The lowest BCUT2D eigenvalue weighted by molar-refractivity contribution is -0.169. The fourth-order valence-corrected chi connectivity index (χ4v) is 13.5. The molecule has 412 valence electrons. The molecule has 16 nitrogen and oxygen atoms in total. The standard InChI is InChI=1S/C56H98N6O10/c1-49(2)25-39(26-50(3,4)57(49)17)69-43(63)33-61(34-44(64)70-40-27-51(5,6)58(18)52(7,8)28-40)47(67)37-21-23-38(24-22-37)48(68)62(35-45(65)71-41-29-53(9,10)59(19)54(11,12)30-41)36-46(66)72-42-31-55(13,14)60(20)56(15,16)32-42/h37-42H,21-36H2,1-20H3. The first kappa shape index (κ1) is 59.5. The van der Waals surface area contributed by atoms with E-state index in [0.717, 1.165) is 0 Å². The predicted molar refractivity (Wildman–Crippen MR) is 279 cm³/mol. The fourth-order valence-electron chi connectivity index (χ4n) is 13.5. The third-order valence-electron chi connectivity index (χ3n) is 18.6. The molecule has 0 atom stereocenters. The van der Waals surface area contributed by atoms with Crippen LogP contribution in [0.4, 0.5) is 0 Å². The van der Waals surface area contributed by atoms with Crippen molar-refractivity contribution in [2.45, 2.75) is 257 Å². The van der Waals surface area contributed by atoms with Crippen molar-refractivity contribution >= 4 is 35.7 Å². The van der Waals surface area contributed by atoms with Gasteiger partial charge in [-0.15, -0.1) is 0 Å². The Morgan fingerprint density at radius 1 is 0.333 bits per heavy atom. The highest BCUT2D eigenvalue weighted by molar-refractivity contribution is 5.89. The molecule has 0 N–H and O–H groups in total. The van der Waals surface area contributed by atoms with Gasteiger partial charge in [0.1, 0.15) is 50.6 Å². The maximum atomic E-state index is 14.6. The van der Waals surface area contributed by atoms with Crippen molar-refractivity contribution in [2.75, 3.05) is 54.4 Å². The molecule has 5 aliphatic rings. The van der Waals surface area contributed by atoms with Crippen LogP contribution in [0, 0.1) is 11.8 Å². The molecule has 0 unspecified atom stereocenters. The van der Waals surface area contributed by atoms with Crippen LogP contribution in [0.25, 0.3) is 0 Å². The van der Waals surface area contributed by atoms with Gasteiger partial charge in [0.15, 0.2) is 0 Å². The molecular weight excluding hydrogens is 917 g/mol. The van der Waals surface area contributed by atoms with Crippen LogP contribution < -0.4 is 0 Å². The molecule has 0 radical (unpaired) electrons. The Morgan fingerprint density at radius 3 is 0.639 bits per heavy atom. The molecule has 4 aliphatic heterocycles. The van der Waals surface area contributed by atoms with E-state index in [9.17, 15) is 28.8 Å². The van der Waals surface area contributed by atoms with Crippen LogP contribution >= 0.6 is 0 Å². The minimum atomic E-state index is -0.590. The van der Waals surface area contributed by atoms with E-state index in [-0.39, 0.29) is 80.5 Å². The summed E-state index contributed by atoms with van der Waals surface area (Å²) in [4.78, 5) is 96.5. The summed E-state index contributed by atoms with van der Waals surface area (Å²) in [5.74, 6) is -4.28. The summed E-state index contributed by atoms with van der Waals surface area (Å²) in [5, 5.41) is 0. The van der Waals surface area contributed by atoms with Gasteiger partial charge in [0.25, 0.3) is 0 Å². The van der Waals surface area contributed by atoms with E-state index in [4.69, 9.17) is 18.9 Å². The number of ether oxygens (including phenoxy) is 4. The van der Waals surface area contributed by atoms with E-state index in [1.165, 1.54) is 9.80 Å². The van der Waals surface area contributed by atoms with Crippen molar-refractivity contribution in [3.05, 3.63) is 0 Å². The minimum Gasteiger partial charge on any atom is -0.461 e. The summed E-state index contributed by atoms with van der Waals surface area (Å²) in [6.07, 6.45) is 4.60. The van der Waals surface area contributed by atoms with Gasteiger partial charge in [-0.2, -0.15) is 0 Å². The lowest BCUT2D eigenvalue weighted by atomic mass is 9.78. The summed E-state index contributed by atoms with van der Waals surface area (Å²) < 4.78 is 24.5. The van der Waals surface area contributed by atoms with Gasteiger partial charge in [0, 0.05) is 108 Å². The number of carbonyl (C=O) groups excluding carboxylic acids is 6. The molecule has 1 aliphatic carbocycles. The number of esters is 4. The number of hydrogen-bond donors (Lipinski definition) is 0. The molecule has 0 aromatic heterocycles. The molecule has 0 bridgehead atoms. The predicted octanol–water partition coefficient (Wildman–Crippen LogP) is 7.23. The Hall–Kier alpha value is -3.34. The third-order valence-corrected chi connectivity index (χ3v) is 18.6. The van der Waals surface area contributed by atoms with E-state index in [1.54, 1.807) is 0 Å². The van der Waals surface area contributed by atoms with E-state index >= 15 is 0 Å². The van der Waals surface area contributed by atoms with Gasteiger partial charge in [-0.05, 0) is 165 Å². The van der Waals surface area contributed by atoms with Crippen LogP contribution in [-0.4, -0.2) is 188 Å². The number of carbonyl (C=O) groups is 6. The Bertz CT molecular complexity index is 1670. The van der Waals surface area contributed by atoms with Crippen molar-refractivity contribution in [1.29, 1.82) is 0 Å². The first-order chi connectivity index (χ1) is 32.7. The number of piperidine rings is 4. The Morgan fingerprint density at radius 2 is 0.486 bits per heavy atom.